The molecule has 0 unspecified atom stereocenters. The third-order valence-corrected chi connectivity index (χ3v) is 9.32. The summed E-state index contributed by atoms with van der Waals surface area (Å²) >= 11 is 0. The summed E-state index contributed by atoms with van der Waals surface area (Å²) in [5.74, 6) is 7.01. The normalized spacial score (nSPS) is 10.7. The van der Waals surface area contributed by atoms with Gasteiger partial charge in [-0.15, -0.1) is 0 Å². The van der Waals surface area contributed by atoms with Crippen molar-refractivity contribution in [3.05, 3.63) is 197 Å². The Morgan fingerprint density at radius 2 is 0.983 bits per heavy atom. The van der Waals surface area contributed by atoms with Crippen LogP contribution in [0.2, 0.25) is 0 Å². The number of ether oxygens (including phenoxy) is 1. The van der Waals surface area contributed by atoms with Gasteiger partial charge >= 0.3 is 11.4 Å². The number of methoxy groups -OCH3 is 1. The lowest BCUT2D eigenvalue weighted by atomic mass is 10.1. The van der Waals surface area contributed by atoms with E-state index in [0.29, 0.717) is 26.0 Å². The second-order valence-electron chi connectivity index (χ2n) is 13.2. The molecule has 0 bridgehead atoms. The van der Waals surface area contributed by atoms with Crippen molar-refractivity contribution >= 4 is 22.1 Å². The van der Waals surface area contributed by atoms with Gasteiger partial charge in [-0.3, -0.25) is 18.7 Å². The van der Waals surface area contributed by atoms with E-state index in [0.717, 1.165) is 33.4 Å². The third-order valence-electron chi connectivity index (χ3n) is 9.32. The summed E-state index contributed by atoms with van der Waals surface area (Å²) in [4.78, 5) is 55.3. The van der Waals surface area contributed by atoms with Crippen LogP contribution in [0.4, 0.5) is 17.6 Å². The van der Waals surface area contributed by atoms with E-state index < -0.39 is 57.1 Å². The van der Waals surface area contributed by atoms with E-state index in [1.54, 1.807) is 67.7 Å². The van der Waals surface area contributed by atoms with E-state index in [9.17, 15) is 36.7 Å². The first-order valence-corrected chi connectivity index (χ1v) is 17.9. The number of imidazole rings is 1. The van der Waals surface area contributed by atoms with Crippen LogP contribution < -0.4 is 27.2 Å². The molecule has 298 valence electrons. The number of para-hydroxylation sites is 1. The largest absolute Gasteiger partial charge is 0.495 e. The van der Waals surface area contributed by atoms with Crippen molar-refractivity contribution in [1.82, 2.24) is 27.8 Å². The van der Waals surface area contributed by atoms with Crippen LogP contribution in [-0.4, -0.2) is 34.9 Å². The highest BCUT2D eigenvalue weighted by molar-refractivity contribution is 5.84. The van der Waals surface area contributed by atoms with Crippen molar-refractivity contribution in [2.45, 2.75) is 0 Å². The summed E-state index contributed by atoms with van der Waals surface area (Å²) in [7, 11) is 5.74. The summed E-state index contributed by atoms with van der Waals surface area (Å²) in [6.45, 7) is 0. The van der Waals surface area contributed by atoms with Crippen molar-refractivity contribution in [3.63, 3.8) is 0 Å². The molecule has 0 amide bonds. The average Bonchev–Trinajstić information content (AvgIpc) is 3.64. The fourth-order valence-corrected chi connectivity index (χ4v) is 6.43. The molecule has 0 aliphatic carbocycles. The second-order valence-corrected chi connectivity index (χ2v) is 13.2. The van der Waals surface area contributed by atoms with E-state index in [-0.39, 0.29) is 33.2 Å². The summed E-state index contributed by atoms with van der Waals surface area (Å²) in [5, 5.41) is 0.0909. The zero-order chi connectivity index (χ0) is 42.8. The Labute approximate surface area is 337 Å². The van der Waals surface area contributed by atoms with Gasteiger partial charge in [0.1, 0.15) is 22.6 Å². The molecule has 11 nitrogen and oxygen atoms in total. The molecule has 3 aromatic heterocycles. The van der Waals surface area contributed by atoms with Gasteiger partial charge in [0.2, 0.25) is 0 Å². The van der Waals surface area contributed by atoms with Crippen LogP contribution in [-0.2, 0) is 21.1 Å². The van der Waals surface area contributed by atoms with Gasteiger partial charge in [-0.1, -0.05) is 66.1 Å². The number of aryl methyl sites for hydroxylation is 3. The van der Waals surface area contributed by atoms with Crippen molar-refractivity contribution < 1.29 is 22.3 Å². The maximum Gasteiger partial charge on any atom is 0.337 e. The summed E-state index contributed by atoms with van der Waals surface area (Å²) < 4.78 is 69.2. The highest BCUT2D eigenvalue weighted by Gasteiger charge is 2.23. The number of aromatic nitrogens is 6. The minimum atomic E-state index is -1.07. The zero-order valence-corrected chi connectivity index (χ0v) is 32.1. The lowest BCUT2D eigenvalue weighted by Crippen LogP contribution is -2.39. The number of halogens is 4. The van der Waals surface area contributed by atoms with Crippen LogP contribution >= 0.6 is 0 Å². The molecule has 60 heavy (non-hydrogen) atoms. The summed E-state index contributed by atoms with van der Waals surface area (Å²) in [6.07, 6.45) is 1.35. The molecular formula is C45H30F4N6O5. The van der Waals surface area contributed by atoms with E-state index in [2.05, 4.69) is 28.7 Å². The number of benzene rings is 5. The third kappa shape index (κ3) is 7.39. The van der Waals surface area contributed by atoms with Gasteiger partial charge in [0.25, 0.3) is 11.1 Å². The highest BCUT2D eigenvalue weighted by Crippen LogP contribution is 2.24. The molecule has 5 aromatic carbocycles. The molecule has 8 aromatic rings. The fourth-order valence-electron chi connectivity index (χ4n) is 6.43. The van der Waals surface area contributed by atoms with Gasteiger partial charge in [-0.25, -0.2) is 41.3 Å². The molecule has 0 saturated carbocycles. The van der Waals surface area contributed by atoms with Gasteiger partial charge in [-0.2, -0.15) is 0 Å². The predicted octanol–water partition coefficient (Wildman–Crippen LogP) is 5.48. The quantitative estimate of drug-likeness (QED) is 0.173. The summed E-state index contributed by atoms with van der Waals surface area (Å²) in [5.41, 5.74) is -3.05. The Balaban J connectivity index is 0.000000182. The second kappa shape index (κ2) is 16.4. The Bertz CT molecular complexity index is 3340. The lowest BCUT2D eigenvalue weighted by Gasteiger charge is -2.14. The van der Waals surface area contributed by atoms with Gasteiger partial charge in [0.15, 0.2) is 34.4 Å². The number of hydrogen-bond acceptors (Lipinski definition) is 6. The Kier molecular flexibility index (Phi) is 10.9. The standard InChI is InChI=1S/C24H16F2N2O3.C21H14F2N4O2/c1-27-21-17(9-6-10-20(21)31-2)23(29)28(24(27)30)22-18(25)13-16(14-19(22)26)12-11-15-7-4-3-5-8-15;1-25-12-24-19-18(25)20(28)27(21(29)26(19)2)17-15(22)10-14(11-16(17)23)9-8-13-6-4-3-5-7-13/h3-10,13-14H,1-2H3;3-7,10-12H,1-2H3. The maximum atomic E-state index is 14.9. The molecule has 0 atom stereocenters. The minimum absolute atomic E-state index is 0.0545. The fraction of sp³-hybridized carbons (Fsp3) is 0.0889. The van der Waals surface area contributed by atoms with Gasteiger partial charge in [-0.05, 0) is 60.7 Å². The molecule has 8 rings (SSSR count). The monoisotopic (exact) mass is 810 g/mol. The van der Waals surface area contributed by atoms with E-state index >= 15 is 0 Å². The molecule has 0 saturated heterocycles. The molecular weight excluding hydrogens is 781 g/mol. The zero-order valence-electron chi connectivity index (χ0n) is 32.1. The van der Waals surface area contributed by atoms with Crippen LogP contribution in [0.3, 0.4) is 0 Å². The maximum absolute atomic E-state index is 14.9. The lowest BCUT2D eigenvalue weighted by molar-refractivity contribution is 0.417. The number of nitrogens with zero attached hydrogens (tertiary/aromatic N) is 6. The predicted molar refractivity (Wildman–Crippen MR) is 218 cm³/mol. The Morgan fingerprint density at radius 3 is 1.47 bits per heavy atom. The first-order chi connectivity index (χ1) is 28.8. The number of rotatable bonds is 3. The SMILES string of the molecule is COc1cccc2c(=O)n(-c3c(F)cc(C#Cc4ccccc4)cc3F)c(=O)n(C)c12.Cn1cnc2c1c(=O)n(-c1c(F)cc(C#Cc3ccccc3)cc1F)c(=O)n2C. The van der Waals surface area contributed by atoms with E-state index in [4.69, 9.17) is 4.74 Å². The number of hydrogen-bond donors (Lipinski definition) is 0. The van der Waals surface area contributed by atoms with Crippen molar-refractivity contribution in [3.8, 4) is 40.8 Å². The van der Waals surface area contributed by atoms with Gasteiger partial charge in [0, 0.05) is 43.4 Å². The van der Waals surface area contributed by atoms with Crippen LogP contribution in [0.15, 0.2) is 129 Å². The molecule has 0 aliphatic heterocycles. The minimum Gasteiger partial charge on any atom is -0.495 e. The van der Waals surface area contributed by atoms with Crippen LogP contribution in [0, 0.1) is 47.0 Å². The smallest absolute Gasteiger partial charge is 0.337 e. The van der Waals surface area contributed by atoms with Crippen LogP contribution in [0.1, 0.15) is 22.3 Å². The Morgan fingerprint density at radius 1 is 0.533 bits per heavy atom. The molecule has 0 aliphatic rings. The van der Waals surface area contributed by atoms with Crippen molar-refractivity contribution in [1.29, 1.82) is 0 Å². The molecule has 0 radical (unpaired) electrons. The summed E-state index contributed by atoms with van der Waals surface area (Å²) in [6, 6.07) is 26.5. The molecule has 0 N–H and O–H groups in total. The molecule has 15 heteroatoms. The highest BCUT2D eigenvalue weighted by atomic mass is 19.1. The topological polar surface area (TPSA) is 115 Å². The van der Waals surface area contributed by atoms with Gasteiger partial charge < -0.3 is 9.30 Å². The van der Waals surface area contributed by atoms with Crippen LogP contribution in [0.25, 0.3) is 33.4 Å². The first kappa shape index (κ1) is 40.0. The van der Waals surface area contributed by atoms with Crippen molar-refractivity contribution in [2.75, 3.05) is 7.11 Å². The Hall–Kier alpha value is -8.17. The van der Waals surface area contributed by atoms with Gasteiger partial charge in [0.05, 0.1) is 18.8 Å². The van der Waals surface area contributed by atoms with E-state index in [1.165, 1.54) is 38.2 Å². The number of fused-ring (bicyclic) bond motifs is 2. The van der Waals surface area contributed by atoms with Crippen LogP contribution in [0.5, 0.6) is 5.75 Å². The molecule has 0 spiro atoms. The van der Waals surface area contributed by atoms with Crippen molar-refractivity contribution in [2.24, 2.45) is 21.1 Å². The first-order valence-electron chi connectivity index (χ1n) is 17.9. The molecule has 3 heterocycles. The average molecular weight is 811 g/mol. The molecule has 0 fully saturated rings. The van der Waals surface area contributed by atoms with E-state index in [1.807, 2.05) is 12.1 Å².